The molecule has 0 spiro atoms. The van der Waals surface area contributed by atoms with Gasteiger partial charge < -0.3 is 9.88 Å². The average Bonchev–Trinajstić information content (AvgIpc) is 2.59. The molecule has 2 heterocycles. The van der Waals surface area contributed by atoms with E-state index in [0.29, 0.717) is 0 Å². The van der Waals surface area contributed by atoms with Crippen LogP contribution in [-0.2, 0) is 6.42 Å². The number of hydrogen-bond donors (Lipinski definition) is 1. The van der Waals surface area contributed by atoms with Crippen LogP contribution in [0, 0.1) is 0 Å². The molecule has 80 valence electrons. The Morgan fingerprint density at radius 1 is 1.40 bits per heavy atom. The highest BCUT2D eigenvalue weighted by Gasteiger charge is 2.00. The van der Waals surface area contributed by atoms with Crippen LogP contribution in [0.25, 0.3) is 11.0 Å². The molecule has 0 saturated carbocycles. The first kappa shape index (κ1) is 10.2. The number of H-pyrrole nitrogens is 1. The van der Waals surface area contributed by atoms with E-state index in [2.05, 4.69) is 41.1 Å². The molecule has 3 nitrogen and oxygen atoms in total. The number of fused-ring (bicyclic) bond motifs is 1. The van der Waals surface area contributed by atoms with Gasteiger partial charge in [-0.25, -0.2) is 4.98 Å². The zero-order valence-corrected chi connectivity index (χ0v) is 9.33. The number of aromatic nitrogens is 2. The lowest BCUT2D eigenvalue weighted by molar-refractivity contribution is 0.400. The van der Waals surface area contributed by atoms with Gasteiger partial charge in [-0.2, -0.15) is 0 Å². The van der Waals surface area contributed by atoms with Gasteiger partial charge in [0.05, 0.1) is 0 Å². The maximum atomic E-state index is 4.28. The minimum absolute atomic E-state index is 0.998. The highest BCUT2D eigenvalue weighted by molar-refractivity contribution is 5.76. The van der Waals surface area contributed by atoms with Gasteiger partial charge in [-0.15, -0.1) is 0 Å². The number of pyridine rings is 1. The van der Waals surface area contributed by atoms with Crippen LogP contribution in [0.15, 0.2) is 24.4 Å². The van der Waals surface area contributed by atoms with Crippen LogP contribution >= 0.6 is 0 Å². The predicted molar refractivity (Wildman–Crippen MR) is 63.0 cm³/mol. The van der Waals surface area contributed by atoms with Crippen molar-refractivity contribution in [3.63, 3.8) is 0 Å². The summed E-state index contributed by atoms with van der Waals surface area (Å²) in [5.74, 6) is 0. The van der Waals surface area contributed by atoms with Crippen LogP contribution in [0.5, 0.6) is 0 Å². The molecule has 0 aliphatic rings. The van der Waals surface area contributed by atoms with Crippen LogP contribution in [0.4, 0.5) is 0 Å². The van der Waals surface area contributed by atoms with Gasteiger partial charge in [0.2, 0.25) is 0 Å². The third-order valence-electron chi connectivity index (χ3n) is 2.50. The molecule has 2 aromatic rings. The molecule has 3 heteroatoms. The SMILES string of the molecule is CN(C)CCCc1cc2cccnc2[nH]1. The summed E-state index contributed by atoms with van der Waals surface area (Å²) in [5, 5.41) is 1.21. The summed E-state index contributed by atoms with van der Waals surface area (Å²) in [4.78, 5) is 9.83. The van der Waals surface area contributed by atoms with Gasteiger partial charge in [0.15, 0.2) is 0 Å². The van der Waals surface area contributed by atoms with Crippen LogP contribution in [0.1, 0.15) is 12.1 Å². The Hall–Kier alpha value is -1.35. The zero-order chi connectivity index (χ0) is 10.7. The number of nitrogens with one attached hydrogen (secondary N) is 1. The number of aromatic amines is 1. The van der Waals surface area contributed by atoms with Crippen molar-refractivity contribution >= 4 is 11.0 Å². The van der Waals surface area contributed by atoms with Crippen molar-refractivity contribution in [2.45, 2.75) is 12.8 Å². The Morgan fingerprint density at radius 2 is 2.27 bits per heavy atom. The van der Waals surface area contributed by atoms with Gasteiger partial charge in [-0.3, -0.25) is 0 Å². The molecule has 0 aliphatic carbocycles. The van der Waals surface area contributed by atoms with Gasteiger partial charge in [-0.1, -0.05) is 0 Å². The first-order chi connectivity index (χ1) is 7.25. The molecule has 0 aliphatic heterocycles. The Bertz CT molecular complexity index is 398. The Labute approximate surface area is 90.1 Å². The van der Waals surface area contributed by atoms with Crippen LogP contribution < -0.4 is 0 Å². The molecule has 0 aromatic carbocycles. The fourth-order valence-corrected chi connectivity index (χ4v) is 1.73. The molecule has 2 aromatic heterocycles. The number of aryl methyl sites for hydroxylation is 1. The summed E-state index contributed by atoms with van der Waals surface area (Å²) in [6.45, 7) is 1.13. The second-order valence-corrected chi connectivity index (χ2v) is 4.14. The van der Waals surface area contributed by atoms with E-state index in [1.54, 1.807) is 0 Å². The monoisotopic (exact) mass is 203 g/mol. The maximum absolute atomic E-state index is 4.28. The lowest BCUT2D eigenvalue weighted by Crippen LogP contribution is -2.13. The molecule has 0 atom stereocenters. The highest BCUT2D eigenvalue weighted by atomic mass is 15.0. The molecule has 0 fully saturated rings. The third-order valence-corrected chi connectivity index (χ3v) is 2.50. The minimum atomic E-state index is 0.998. The second-order valence-electron chi connectivity index (χ2n) is 4.14. The molecule has 0 saturated heterocycles. The standard InChI is InChI=1S/C12H17N3/c1-15(2)8-4-6-11-9-10-5-3-7-13-12(10)14-11/h3,5,7,9H,4,6,8H2,1-2H3,(H,13,14). The number of rotatable bonds is 4. The zero-order valence-electron chi connectivity index (χ0n) is 9.33. The van der Waals surface area contributed by atoms with Gasteiger partial charge in [0, 0.05) is 17.3 Å². The molecule has 0 bridgehead atoms. The Balaban J connectivity index is 2.03. The summed E-state index contributed by atoms with van der Waals surface area (Å²) in [7, 11) is 4.21. The van der Waals surface area contributed by atoms with Gasteiger partial charge in [0.1, 0.15) is 5.65 Å². The summed E-state index contributed by atoms with van der Waals surface area (Å²) < 4.78 is 0. The van der Waals surface area contributed by atoms with Crippen molar-refractivity contribution in [2.24, 2.45) is 0 Å². The first-order valence-corrected chi connectivity index (χ1v) is 5.33. The Morgan fingerprint density at radius 3 is 3.00 bits per heavy atom. The van der Waals surface area contributed by atoms with E-state index in [9.17, 15) is 0 Å². The lowest BCUT2D eigenvalue weighted by Gasteiger charge is -2.07. The van der Waals surface area contributed by atoms with Crippen molar-refractivity contribution in [3.05, 3.63) is 30.1 Å². The maximum Gasteiger partial charge on any atom is 0.137 e. The first-order valence-electron chi connectivity index (χ1n) is 5.33. The van der Waals surface area contributed by atoms with Gasteiger partial charge >= 0.3 is 0 Å². The Kier molecular flexibility index (Phi) is 3.02. The largest absolute Gasteiger partial charge is 0.343 e. The van der Waals surface area contributed by atoms with E-state index in [4.69, 9.17) is 0 Å². The number of nitrogens with zero attached hydrogens (tertiary/aromatic N) is 2. The van der Waals surface area contributed by atoms with Crippen molar-refractivity contribution in [1.29, 1.82) is 0 Å². The van der Waals surface area contributed by atoms with E-state index < -0.39 is 0 Å². The lowest BCUT2D eigenvalue weighted by atomic mass is 10.2. The quantitative estimate of drug-likeness (QED) is 0.824. The highest BCUT2D eigenvalue weighted by Crippen LogP contribution is 2.13. The van der Waals surface area contributed by atoms with Crippen molar-refractivity contribution in [1.82, 2.24) is 14.9 Å². The fraction of sp³-hybridized carbons (Fsp3) is 0.417. The second kappa shape index (κ2) is 4.45. The molecule has 15 heavy (non-hydrogen) atoms. The van der Waals surface area contributed by atoms with Crippen molar-refractivity contribution in [3.8, 4) is 0 Å². The number of hydrogen-bond acceptors (Lipinski definition) is 2. The van der Waals surface area contributed by atoms with E-state index in [-0.39, 0.29) is 0 Å². The van der Waals surface area contributed by atoms with E-state index in [0.717, 1.165) is 18.6 Å². The minimum Gasteiger partial charge on any atom is -0.343 e. The predicted octanol–water partition coefficient (Wildman–Crippen LogP) is 2.06. The van der Waals surface area contributed by atoms with E-state index in [1.165, 1.54) is 17.5 Å². The molecule has 1 N–H and O–H groups in total. The van der Waals surface area contributed by atoms with E-state index >= 15 is 0 Å². The summed E-state index contributed by atoms with van der Waals surface area (Å²) in [6.07, 6.45) is 4.09. The van der Waals surface area contributed by atoms with Crippen molar-refractivity contribution in [2.75, 3.05) is 20.6 Å². The fourth-order valence-electron chi connectivity index (χ4n) is 1.73. The molecule has 0 radical (unpaired) electrons. The van der Waals surface area contributed by atoms with Gasteiger partial charge in [-0.05, 0) is 51.7 Å². The summed E-state index contributed by atoms with van der Waals surface area (Å²) in [6, 6.07) is 6.26. The molecule has 2 rings (SSSR count). The molecular weight excluding hydrogens is 186 g/mol. The normalized spacial score (nSPS) is 11.4. The van der Waals surface area contributed by atoms with E-state index in [1.807, 2.05) is 12.3 Å². The molecule has 0 amide bonds. The summed E-state index contributed by atoms with van der Waals surface area (Å²) >= 11 is 0. The summed E-state index contributed by atoms with van der Waals surface area (Å²) in [5.41, 5.74) is 2.28. The smallest absolute Gasteiger partial charge is 0.137 e. The van der Waals surface area contributed by atoms with Crippen LogP contribution in [0.2, 0.25) is 0 Å². The van der Waals surface area contributed by atoms with Gasteiger partial charge in [0.25, 0.3) is 0 Å². The third kappa shape index (κ3) is 2.57. The molecule has 0 unspecified atom stereocenters. The van der Waals surface area contributed by atoms with Crippen molar-refractivity contribution < 1.29 is 0 Å². The molecular formula is C12H17N3. The van der Waals surface area contributed by atoms with Crippen LogP contribution in [0.3, 0.4) is 0 Å². The van der Waals surface area contributed by atoms with Crippen LogP contribution in [-0.4, -0.2) is 35.5 Å². The topological polar surface area (TPSA) is 31.9 Å². The average molecular weight is 203 g/mol.